The van der Waals surface area contributed by atoms with Crippen LogP contribution in [0.25, 0.3) is 0 Å². The topological polar surface area (TPSA) is 82.9 Å². The molecule has 0 radical (unpaired) electrons. The Labute approximate surface area is 232 Å². The Morgan fingerprint density at radius 3 is 2.57 bits per heavy atom. The SMILES string of the molecule is COc1cc([N+](=O)[O-])cc2c1N[C@H](c1cc(Br)c(OCc3ccc(Cl)c(Cl)c3)c(OC)c1)[C@@H]1CC=C[C@@H]21. The zero-order chi connectivity index (χ0) is 26.3. The van der Waals surface area contributed by atoms with E-state index in [0.717, 1.165) is 33.3 Å². The fourth-order valence-corrected chi connectivity index (χ4v) is 5.99. The number of nitro groups is 1. The number of nitrogens with zero attached hydrogens (tertiary/aromatic N) is 1. The van der Waals surface area contributed by atoms with Crippen LogP contribution in [0, 0.1) is 16.0 Å². The second-order valence-corrected chi connectivity index (χ2v) is 10.6. The summed E-state index contributed by atoms with van der Waals surface area (Å²) in [4.78, 5) is 11.1. The van der Waals surface area contributed by atoms with Gasteiger partial charge in [0.25, 0.3) is 5.69 Å². The van der Waals surface area contributed by atoms with Crippen molar-refractivity contribution < 1.29 is 19.1 Å². The van der Waals surface area contributed by atoms with Crippen molar-refractivity contribution in [3.05, 3.63) is 95.9 Å². The molecule has 1 aliphatic heterocycles. The fraction of sp³-hybridized carbons (Fsp3) is 0.259. The molecule has 2 aliphatic rings. The van der Waals surface area contributed by atoms with Gasteiger partial charge in [-0.15, -0.1) is 0 Å². The van der Waals surface area contributed by atoms with E-state index in [0.29, 0.717) is 27.3 Å². The lowest BCUT2D eigenvalue weighted by atomic mass is 9.76. The third-order valence-electron chi connectivity index (χ3n) is 6.83. The molecule has 1 heterocycles. The number of hydrogen-bond acceptors (Lipinski definition) is 6. The standard InChI is InChI=1S/C27H23BrCl2N2O5/c1-35-23-12-16(32(33)34)11-19-17-4-3-5-18(17)25(31-26(19)23)15-9-20(28)27(24(10-15)36-2)37-13-14-6-7-21(29)22(30)8-14/h3-4,6-12,17-18,25,31H,5,13H2,1-2H3/t17-,18-,25-/m1/s1. The van der Waals surface area contributed by atoms with Gasteiger partial charge in [0.15, 0.2) is 11.5 Å². The molecule has 0 saturated heterocycles. The third-order valence-corrected chi connectivity index (χ3v) is 8.15. The summed E-state index contributed by atoms with van der Waals surface area (Å²) in [5.41, 5.74) is 3.52. The lowest BCUT2D eigenvalue weighted by Gasteiger charge is -2.38. The Morgan fingerprint density at radius 2 is 1.86 bits per heavy atom. The first-order valence-corrected chi connectivity index (χ1v) is 13.1. The number of fused-ring (bicyclic) bond motifs is 3. The largest absolute Gasteiger partial charge is 0.494 e. The zero-order valence-corrected chi connectivity index (χ0v) is 23.1. The van der Waals surface area contributed by atoms with Crippen LogP contribution in [0.5, 0.6) is 17.2 Å². The molecule has 37 heavy (non-hydrogen) atoms. The van der Waals surface area contributed by atoms with Gasteiger partial charge >= 0.3 is 0 Å². The molecule has 0 spiro atoms. The van der Waals surface area contributed by atoms with Gasteiger partial charge in [0.1, 0.15) is 12.4 Å². The van der Waals surface area contributed by atoms with Gasteiger partial charge in [0.2, 0.25) is 0 Å². The van der Waals surface area contributed by atoms with Crippen LogP contribution in [0.1, 0.15) is 35.1 Å². The quantitative estimate of drug-likeness (QED) is 0.166. The average molecular weight is 606 g/mol. The fourth-order valence-electron chi connectivity index (χ4n) is 5.09. The van der Waals surface area contributed by atoms with E-state index in [1.807, 2.05) is 18.2 Å². The number of hydrogen-bond donors (Lipinski definition) is 1. The molecule has 5 rings (SSSR count). The van der Waals surface area contributed by atoms with E-state index in [4.69, 9.17) is 37.4 Å². The van der Waals surface area contributed by atoms with Crippen molar-refractivity contribution in [2.24, 2.45) is 5.92 Å². The zero-order valence-electron chi connectivity index (χ0n) is 20.0. The van der Waals surface area contributed by atoms with E-state index in [2.05, 4.69) is 33.4 Å². The number of anilines is 1. The summed E-state index contributed by atoms with van der Waals surface area (Å²) in [6.45, 7) is 0.283. The van der Waals surface area contributed by atoms with Gasteiger partial charge in [-0.25, -0.2) is 0 Å². The smallest absolute Gasteiger partial charge is 0.273 e. The predicted molar refractivity (Wildman–Crippen MR) is 147 cm³/mol. The van der Waals surface area contributed by atoms with E-state index in [1.54, 1.807) is 25.3 Å². The summed E-state index contributed by atoms with van der Waals surface area (Å²) in [7, 11) is 3.12. The second-order valence-electron chi connectivity index (χ2n) is 8.92. The summed E-state index contributed by atoms with van der Waals surface area (Å²) in [5.74, 6) is 1.78. The molecule has 0 fully saturated rings. The molecule has 7 nitrogen and oxygen atoms in total. The highest BCUT2D eigenvalue weighted by Crippen LogP contribution is 2.54. The summed E-state index contributed by atoms with van der Waals surface area (Å²) >= 11 is 15.8. The first-order valence-electron chi connectivity index (χ1n) is 11.5. The second kappa shape index (κ2) is 10.4. The summed E-state index contributed by atoms with van der Waals surface area (Å²) in [6.07, 6.45) is 5.09. The van der Waals surface area contributed by atoms with E-state index in [9.17, 15) is 10.1 Å². The van der Waals surface area contributed by atoms with Crippen molar-refractivity contribution >= 4 is 50.5 Å². The molecule has 192 valence electrons. The molecule has 3 aromatic rings. The van der Waals surface area contributed by atoms with Gasteiger partial charge in [-0.05, 0) is 69.2 Å². The lowest BCUT2D eigenvalue weighted by Crippen LogP contribution is -2.29. The summed E-state index contributed by atoms with van der Waals surface area (Å²) < 4.78 is 18.1. The maximum absolute atomic E-state index is 11.5. The molecule has 1 N–H and O–H groups in total. The number of rotatable bonds is 7. The van der Waals surface area contributed by atoms with E-state index < -0.39 is 0 Å². The van der Waals surface area contributed by atoms with E-state index in [-0.39, 0.29) is 35.1 Å². The molecule has 0 saturated carbocycles. The molecule has 0 bridgehead atoms. The number of nitrogens with one attached hydrogen (secondary N) is 1. The summed E-state index contributed by atoms with van der Waals surface area (Å²) in [5, 5.41) is 16.1. The molecule has 3 atom stereocenters. The molecular weight excluding hydrogens is 583 g/mol. The number of halogens is 3. The van der Waals surface area contributed by atoms with Crippen LogP contribution in [0.15, 0.2) is 59.1 Å². The summed E-state index contributed by atoms with van der Waals surface area (Å²) in [6, 6.07) is 12.4. The Morgan fingerprint density at radius 1 is 1.08 bits per heavy atom. The van der Waals surface area contributed by atoms with Crippen LogP contribution in [-0.4, -0.2) is 19.1 Å². The maximum Gasteiger partial charge on any atom is 0.273 e. The lowest BCUT2D eigenvalue weighted by molar-refractivity contribution is -0.385. The minimum Gasteiger partial charge on any atom is -0.494 e. The molecule has 0 aromatic heterocycles. The van der Waals surface area contributed by atoms with E-state index in [1.165, 1.54) is 13.2 Å². The first kappa shape index (κ1) is 25.7. The third kappa shape index (κ3) is 4.85. The van der Waals surface area contributed by atoms with Crippen LogP contribution in [0.4, 0.5) is 11.4 Å². The van der Waals surface area contributed by atoms with Crippen molar-refractivity contribution in [2.45, 2.75) is 25.0 Å². The minimum absolute atomic E-state index is 0.0165. The van der Waals surface area contributed by atoms with Crippen molar-refractivity contribution in [3.63, 3.8) is 0 Å². The molecule has 3 aromatic carbocycles. The molecule has 10 heteroatoms. The predicted octanol–water partition coefficient (Wildman–Crippen LogP) is 8.09. The molecular formula is C27H23BrCl2N2O5. The van der Waals surface area contributed by atoms with Gasteiger partial charge in [-0.1, -0.05) is 41.4 Å². The van der Waals surface area contributed by atoms with Gasteiger partial charge < -0.3 is 19.5 Å². The first-order chi connectivity index (χ1) is 17.8. The number of allylic oxidation sites excluding steroid dienone is 2. The van der Waals surface area contributed by atoms with Gasteiger partial charge in [0, 0.05) is 12.0 Å². The number of methoxy groups -OCH3 is 2. The van der Waals surface area contributed by atoms with Crippen LogP contribution in [0.3, 0.4) is 0 Å². The molecule has 0 amide bonds. The Kier molecular flexibility index (Phi) is 7.25. The maximum atomic E-state index is 11.5. The Bertz CT molecular complexity index is 1410. The van der Waals surface area contributed by atoms with Crippen molar-refractivity contribution in [1.82, 2.24) is 0 Å². The highest BCUT2D eigenvalue weighted by Gasteiger charge is 2.40. The normalized spacial score (nSPS) is 19.5. The molecule has 1 aliphatic carbocycles. The van der Waals surface area contributed by atoms with Crippen molar-refractivity contribution in [3.8, 4) is 17.2 Å². The average Bonchev–Trinajstić information content (AvgIpc) is 3.38. The monoisotopic (exact) mass is 604 g/mol. The van der Waals surface area contributed by atoms with Crippen LogP contribution < -0.4 is 19.5 Å². The van der Waals surface area contributed by atoms with Gasteiger partial charge in [-0.2, -0.15) is 0 Å². The number of benzene rings is 3. The number of ether oxygens (including phenoxy) is 3. The number of non-ortho nitro benzene ring substituents is 1. The Hall–Kier alpha value is -2.94. The van der Waals surface area contributed by atoms with Gasteiger partial charge in [0.05, 0.1) is 51.5 Å². The Balaban J connectivity index is 1.48. The van der Waals surface area contributed by atoms with Crippen LogP contribution >= 0.6 is 39.1 Å². The van der Waals surface area contributed by atoms with Crippen LogP contribution in [0.2, 0.25) is 10.0 Å². The minimum atomic E-state index is -0.388. The van der Waals surface area contributed by atoms with Crippen LogP contribution in [-0.2, 0) is 6.61 Å². The van der Waals surface area contributed by atoms with E-state index >= 15 is 0 Å². The number of nitro benzene ring substituents is 1. The van der Waals surface area contributed by atoms with Crippen molar-refractivity contribution in [1.29, 1.82) is 0 Å². The highest BCUT2D eigenvalue weighted by atomic mass is 79.9. The highest BCUT2D eigenvalue weighted by molar-refractivity contribution is 9.10. The molecule has 0 unspecified atom stereocenters. The van der Waals surface area contributed by atoms with Gasteiger partial charge in [-0.3, -0.25) is 10.1 Å². The van der Waals surface area contributed by atoms with Crippen molar-refractivity contribution in [2.75, 3.05) is 19.5 Å².